The van der Waals surface area contributed by atoms with Gasteiger partial charge in [-0.1, -0.05) is 73.6 Å². The van der Waals surface area contributed by atoms with Gasteiger partial charge in [-0.25, -0.2) is 4.79 Å². The molecule has 2 aliphatic heterocycles. The van der Waals surface area contributed by atoms with Crippen molar-refractivity contribution in [2.24, 2.45) is 11.8 Å². The Labute approximate surface area is 198 Å². The SMILES string of the molecule is C/C=C/[C@@H]1O[C@H](C(O)/C=C/C=C(\C)CC(C)/C=C(C)\C=C\C2CC=CC(=O)O2)C[C@@H](O)[C@@H]1C. The van der Waals surface area contributed by atoms with Gasteiger partial charge in [0.1, 0.15) is 6.10 Å². The molecule has 2 N–H and O–H groups in total. The molecule has 33 heavy (non-hydrogen) atoms. The molecule has 0 radical (unpaired) electrons. The zero-order chi connectivity index (χ0) is 24.4. The number of allylic oxidation sites excluding steroid dienone is 7. The van der Waals surface area contributed by atoms with Gasteiger partial charge in [0.15, 0.2) is 0 Å². The summed E-state index contributed by atoms with van der Waals surface area (Å²) in [6, 6.07) is 0. The highest BCUT2D eigenvalue weighted by Crippen LogP contribution is 2.28. The van der Waals surface area contributed by atoms with Crippen LogP contribution in [0.25, 0.3) is 0 Å². The minimum absolute atomic E-state index is 0.0122. The predicted molar refractivity (Wildman–Crippen MR) is 132 cm³/mol. The average molecular weight is 457 g/mol. The Hall–Kier alpha value is -2.21. The van der Waals surface area contributed by atoms with Crippen LogP contribution in [0, 0.1) is 11.8 Å². The summed E-state index contributed by atoms with van der Waals surface area (Å²) in [6.07, 6.45) is 18.9. The van der Waals surface area contributed by atoms with Crippen molar-refractivity contribution in [2.75, 3.05) is 0 Å². The van der Waals surface area contributed by atoms with Crippen LogP contribution in [-0.2, 0) is 14.3 Å². The van der Waals surface area contributed by atoms with Crippen LogP contribution in [0.4, 0.5) is 0 Å². The normalized spacial score (nSPS) is 31.5. The molecule has 0 aromatic carbocycles. The summed E-state index contributed by atoms with van der Waals surface area (Å²) in [5, 5.41) is 20.8. The number of aliphatic hydroxyl groups excluding tert-OH is 2. The minimum Gasteiger partial charge on any atom is -0.455 e. The van der Waals surface area contributed by atoms with Crippen molar-refractivity contribution < 1.29 is 24.5 Å². The largest absolute Gasteiger partial charge is 0.455 e. The lowest BCUT2D eigenvalue weighted by Gasteiger charge is -2.38. The molecule has 0 aliphatic carbocycles. The van der Waals surface area contributed by atoms with Crippen LogP contribution >= 0.6 is 0 Å². The molecule has 0 bridgehead atoms. The van der Waals surface area contributed by atoms with Gasteiger partial charge >= 0.3 is 5.97 Å². The van der Waals surface area contributed by atoms with Gasteiger partial charge < -0.3 is 19.7 Å². The molecule has 5 nitrogen and oxygen atoms in total. The molecule has 3 unspecified atom stereocenters. The summed E-state index contributed by atoms with van der Waals surface area (Å²) in [5.74, 6) is 0.0688. The van der Waals surface area contributed by atoms with Crippen LogP contribution in [-0.4, -0.2) is 46.7 Å². The van der Waals surface area contributed by atoms with Crippen molar-refractivity contribution >= 4 is 5.97 Å². The Kier molecular flexibility index (Phi) is 11.0. The third-order valence-electron chi connectivity index (χ3n) is 6.04. The lowest BCUT2D eigenvalue weighted by atomic mass is 9.88. The van der Waals surface area contributed by atoms with Gasteiger partial charge in [-0.05, 0) is 39.2 Å². The number of carbonyl (C=O) groups is 1. The van der Waals surface area contributed by atoms with Crippen LogP contribution < -0.4 is 0 Å². The van der Waals surface area contributed by atoms with E-state index in [1.54, 1.807) is 6.08 Å². The van der Waals surface area contributed by atoms with Crippen molar-refractivity contribution in [3.05, 3.63) is 71.9 Å². The van der Waals surface area contributed by atoms with Crippen LogP contribution in [0.2, 0.25) is 0 Å². The summed E-state index contributed by atoms with van der Waals surface area (Å²) in [4.78, 5) is 11.3. The third-order valence-corrected chi connectivity index (χ3v) is 6.04. The number of aliphatic hydroxyl groups is 2. The maximum Gasteiger partial charge on any atom is 0.331 e. The topological polar surface area (TPSA) is 76.0 Å². The van der Waals surface area contributed by atoms with Gasteiger partial charge in [0, 0.05) is 24.8 Å². The molecule has 1 saturated heterocycles. The smallest absolute Gasteiger partial charge is 0.331 e. The average Bonchev–Trinajstić information content (AvgIpc) is 2.75. The number of hydrogen-bond donors (Lipinski definition) is 2. The number of esters is 1. The Balaban J connectivity index is 1.85. The standard InChI is InChI=1S/C28H40O5/c1-6-9-26-22(5)25(30)18-27(33-26)24(29)12-7-10-19(2)16-21(4)17-20(3)14-15-23-11-8-13-28(31)32-23/h6-10,12-15,17,21-27,29-30H,11,16,18H2,1-5H3/b9-6+,12-7+,15-14+,19-10+,20-17-/t21?,22-,23?,24?,25+,26-,27-/m0/s1. The molecule has 0 aromatic rings. The lowest BCUT2D eigenvalue weighted by molar-refractivity contribution is -0.141. The first-order valence-corrected chi connectivity index (χ1v) is 11.9. The van der Waals surface area contributed by atoms with Crippen LogP contribution in [0.3, 0.4) is 0 Å². The van der Waals surface area contributed by atoms with E-state index in [4.69, 9.17) is 9.47 Å². The fraction of sp³-hybridized carbons (Fsp3) is 0.536. The van der Waals surface area contributed by atoms with E-state index in [1.165, 1.54) is 11.6 Å². The monoisotopic (exact) mass is 456 g/mol. The molecule has 2 heterocycles. The highest BCUT2D eigenvalue weighted by atomic mass is 16.5. The quantitative estimate of drug-likeness (QED) is 0.291. The Morgan fingerprint density at radius 2 is 2.06 bits per heavy atom. The second-order valence-electron chi connectivity index (χ2n) is 9.28. The van der Waals surface area contributed by atoms with Gasteiger partial charge in [0.05, 0.1) is 24.4 Å². The predicted octanol–water partition coefficient (Wildman–Crippen LogP) is 4.98. The lowest BCUT2D eigenvalue weighted by Crippen LogP contribution is -2.46. The number of rotatable bonds is 9. The molecule has 7 atom stereocenters. The summed E-state index contributed by atoms with van der Waals surface area (Å²) in [6.45, 7) is 10.2. The summed E-state index contributed by atoms with van der Waals surface area (Å²) in [5.41, 5.74) is 2.33. The van der Waals surface area contributed by atoms with Gasteiger partial charge in [-0.2, -0.15) is 0 Å². The fourth-order valence-electron chi connectivity index (χ4n) is 4.19. The first-order chi connectivity index (χ1) is 15.7. The summed E-state index contributed by atoms with van der Waals surface area (Å²) in [7, 11) is 0. The van der Waals surface area contributed by atoms with Crippen molar-refractivity contribution in [1.29, 1.82) is 0 Å². The molecule has 0 saturated carbocycles. The number of ether oxygens (including phenoxy) is 2. The fourth-order valence-corrected chi connectivity index (χ4v) is 4.19. The second kappa shape index (κ2) is 13.5. The number of cyclic esters (lactones) is 1. The van der Waals surface area contributed by atoms with E-state index in [2.05, 4.69) is 19.9 Å². The van der Waals surface area contributed by atoms with E-state index in [0.29, 0.717) is 18.8 Å². The van der Waals surface area contributed by atoms with Crippen LogP contribution in [0.5, 0.6) is 0 Å². The zero-order valence-corrected chi connectivity index (χ0v) is 20.6. The van der Waals surface area contributed by atoms with E-state index < -0.39 is 18.3 Å². The van der Waals surface area contributed by atoms with Crippen molar-refractivity contribution in [3.8, 4) is 0 Å². The molecule has 0 spiro atoms. The van der Waals surface area contributed by atoms with Gasteiger partial charge in [0.25, 0.3) is 0 Å². The molecular formula is C28H40O5. The second-order valence-corrected chi connectivity index (χ2v) is 9.28. The maximum absolute atomic E-state index is 11.3. The summed E-state index contributed by atoms with van der Waals surface area (Å²) < 4.78 is 11.2. The Morgan fingerprint density at radius 3 is 2.76 bits per heavy atom. The van der Waals surface area contributed by atoms with Crippen LogP contribution in [0.15, 0.2) is 71.9 Å². The Morgan fingerprint density at radius 1 is 1.30 bits per heavy atom. The number of carbonyl (C=O) groups excluding carboxylic acids is 1. The van der Waals surface area contributed by atoms with Crippen LogP contribution in [0.1, 0.15) is 53.9 Å². The van der Waals surface area contributed by atoms with E-state index in [0.717, 1.165) is 12.0 Å². The highest BCUT2D eigenvalue weighted by Gasteiger charge is 2.35. The molecule has 5 heteroatoms. The van der Waals surface area contributed by atoms with Crippen molar-refractivity contribution in [1.82, 2.24) is 0 Å². The molecule has 0 amide bonds. The molecule has 2 aliphatic rings. The Bertz CT molecular complexity index is 816. The van der Waals surface area contributed by atoms with Gasteiger partial charge in [-0.3, -0.25) is 0 Å². The third kappa shape index (κ3) is 9.28. The molecular weight excluding hydrogens is 416 g/mol. The molecule has 2 rings (SSSR count). The molecule has 1 fully saturated rings. The summed E-state index contributed by atoms with van der Waals surface area (Å²) >= 11 is 0. The van der Waals surface area contributed by atoms with Gasteiger partial charge in [-0.15, -0.1) is 0 Å². The maximum atomic E-state index is 11.3. The first kappa shape index (κ1) is 27.0. The van der Waals surface area contributed by atoms with Crippen molar-refractivity contribution in [3.63, 3.8) is 0 Å². The zero-order valence-electron chi connectivity index (χ0n) is 20.6. The molecule has 0 aromatic heterocycles. The number of hydrogen-bond acceptors (Lipinski definition) is 5. The van der Waals surface area contributed by atoms with Crippen molar-refractivity contribution in [2.45, 2.75) is 84.4 Å². The highest BCUT2D eigenvalue weighted by molar-refractivity contribution is 5.82. The van der Waals surface area contributed by atoms with E-state index in [9.17, 15) is 15.0 Å². The van der Waals surface area contributed by atoms with E-state index >= 15 is 0 Å². The van der Waals surface area contributed by atoms with E-state index in [1.807, 2.05) is 63.3 Å². The van der Waals surface area contributed by atoms with Gasteiger partial charge in [0.2, 0.25) is 0 Å². The minimum atomic E-state index is -0.766. The molecule has 182 valence electrons. The van der Waals surface area contributed by atoms with E-state index in [-0.39, 0.29) is 24.1 Å². The first-order valence-electron chi connectivity index (χ1n) is 11.9.